The molecule has 0 aliphatic heterocycles. The lowest BCUT2D eigenvalue weighted by atomic mass is 9.78. The second kappa shape index (κ2) is 6.55. The van der Waals surface area contributed by atoms with E-state index in [1.54, 1.807) is 13.0 Å². The van der Waals surface area contributed by atoms with E-state index in [-0.39, 0.29) is 5.69 Å². The summed E-state index contributed by atoms with van der Waals surface area (Å²) in [6.45, 7) is 1.55. The number of nitrogens with zero attached hydrogens (tertiary/aromatic N) is 1. The van der Waals surface area contributed by atoms with Gasteiger partial charge in [0.2, 0.25) is 5.91 Å². The number of nitrogens with one attached hydrogen (secondary N) is 1. The zero-order valence-corrected chi connectivity index (χ0v) is 12.2. The van der Waals surface area contributed by atoms with Gasteiger partial charge >= 0.3 is 0 Å². The van der Waals surface area contributed by atoms with Crippen molar-refractivity contribution >= 4 is 23.3 Å². The number of hydrogen-bond donors (Lipinski definition) is 1. The summed E-state index contributed by atoms with van der Waals surface area (Å²) in [4.78, 5) is 33.9. The average molecular weight is 305 g/mol. The second-order valence-corrected chi connectivity index (χ2v) is 5.51. The van der Waals surface area contributed by atoms with Gasteiger partial charge in [-0.05, 0) is 25.8 Å². The number of anilines is 1. The zero-order chi connectivity index (χ0) is 16.3. The van der Waals surface area contributed by atoms with Crippen molar-refractivity contribution in [3.63, 3.8) is 0 Å². The summed E-state index contributed by atoms with van der Waals surface area (Å²) >= 11 is 0. The summed E-state index contributed by atoms with van der Waals surface area (Å²) in [5, 5.41) is 24.7. The van der Waals surface area contributed by atoms with Crippen molar-refractivity contribution in [2.24, 2.45) is 11.8 Å². The van der Waals surface area contributed by atoms with E-state index in [1.165, 1.54) is 12.1 Å². The van der Waals surface area contributed by atoms with Crippen molar-refractivity contribution in [1.82, 2.24) is 0 Å². The molecule has 1 N–H and O–H groups in total. The van der Waals surface area contributed by atoms with Crippen LogP contribution in [0.1, 0.15) is 31.2 Å². The molecule has 2 atom stereocenters. The van der Waals surface area contributed by atoms with Gasteiger partial charge in [-0.1, -0.05) is 18.9 Å². The predicted molar refractivity (Wildman–Crippen MR) is 76.9 cm³/mol. The molecule has 1 saturated carbocycles. The topological polar surface area (TPSA) is 112 Å². The largest absolute Gasteiger partial charge is 0.550 e. The van der Waals surface area contributed by atoms with Crippen LogP contribution in [0.15, 0.2) is 18.2 Å². The maximum absolute atomic E-state index is 12.3. The number of nitro benzene ring substituents is 1. The Labute approximate surface area is 127 Å². The molecule has 118 valence electrons. The lowest BCUT2D eigenvalue weighted by Gasteiger charge is -2.31. The van der Waals surface area contributed by atoms with Gasteiger partial charge in [-0.2, -0.15) is 0 Å². The van der Waals surface area contributed by atoms with Crippen LogP contribution in [0.3, 0.4) is 0 Å². The summed E-state index contributed by atoms with van der Waals surface area (Å²) in [5.41, 5.74) is 0.599. The van der Waals surface area contributed by atoms with Crippen LogP contribution in [0.4, 0.5) is 11.4 Å². The fourth-order valence-corrected chi connectivity index (χ4v) is 2.91. The first-order chi connectivity index (χ1) is 10.4. The van der Waals surface area contributed by atoms with Gasteiger partial charge in [0, 0.05) is 23.9 Å². The maximum atomic E-state index is 12.3. The van der Waals surface area contributed by atoms with Gasteiger partial charge in [0.25, 0.3) is 5.69 Å². The first kappa shape index (κ1) is 15.9. The zero-order valence-electron chi connectivity index (χ0n) is 12.2. The van der Waals surface area contributed by atoms with Crippen LogP contribution < -0.4 is 10.4 Å². The van der Waals surface area contributed by atoms with Crippen LogP contribution in [0.5, 0.6) is 0 Å². The lowest BCUT2D eigenvalue weighted by molar-refractivity contribution is -0.385. The minimum Gasteiger partial charge on any atom is -0.550 e. The molecule has 0 heterocycles. The van der Waals surface area contributed by atoms with Crippen molar-refractivity contribution in [3.05, 3.63) is 33.9 Å². The Morgan fingerprint density at radius 3 is 2.45 bits per heavy atom. The number of carbonyl (C=O) groups is 2. The Bertz CT molecular complexity index is 614. The SMILES string of the molecule is Cc1c(NC(=O)[C@@H]2CCCC[C@@H]2C(=O)[O-])cccc1[N+](=O)[O-]. The molecule has 1 aliphatic rings. The molecule has 1 aliphatic carbocycles. The average Bonchev–Trinajstić information content (AvgIpc) is 2.49. The van der Waals surface area contributed by atoms with Gasteiger partial charge in [-0.15, -0.1) is 0 Å². The first-order valence-electron chi connectivity index (χ1n) is 7.17. The highest BCUT2D eigenvalue weighted by Gasteiger charge is 2.32. The van der Waals surface area contributed by atoms with Crippen LogP contribution in [0, 0.1) is 28.9 Å². The van der Waals surface area contributed by atoms with E-state index in [4.69, 9.17) is 0 Å². The molecule has 1 amide bonds. The summed E-state index contributed by atoms with van der Waals surface area (Å²) in [6, 6.07) is 4.41. The Balaban J connectivity index is 2.19. The van der Waals surface area contributed by atoms with E-state index in [1.807, 2.05) is 0 Å². The monoisotopic (exact) mass is 305 g/mol. The normalized spacial score (nSPS) is 21.1. The fraction of sp³-hybridized carbons (Fsp3) is 0.467. The molecule has 0 unspecified atom stereocenters. The number of carboxylic acids is 1. The number of aliphatic carboxylic acids is 1. The van der Waals surface area contributed by atoms with Crippen molar-refractivity contribution in [2.45, 2.75) is 32.6 Å². The van der Waals surface area contributed by atoms with Crippen LogP contribution in [0.2, 0.25) is 0 Å². The van der Waals surface area contributed by atoms with E-state index in [9.17, 15) is 24.8 Å². The third kappa shape index (κ3) is 3.24. The highest BCUT2D eigenvalue weighted by Crippen LogP contribution is 2.32. The Morgan fingerprint density at radius 2 is 1.86 bits per heavy atom. The lowest BCUT2D eigenvalue weighted by Crippen LogP contribution is -2.42. The molecule has 2 rings (SSSR count). The van der Waals surface area contributed by atoms with E-state index in [0.29, 0.717) is 24.1 Å². The molecule has 7 heteroatoms. The number of rotatable bonds is 4. The van der Waals surface area contributed by atoms with E-state index in [2.05, 4.69) is 5.32 Å². The second-order valence-electron chi connectivity index (χ2n) is 5.51. The Morgan fingerprint density at radius 1 is 1.23 bits per heavy atom. The van der Waals surface area contributed by atoms with Crippen LogP contribution in [-0.4, -0.2) is 16.8 Å². The molecule has 0 aromatic heterocycles. The minimum absolute atomic E-state index is 0.0853. The highest BCUT2D eigenvalue weighted by atomic mass is 16.6. The van der Waals surface area contributed by atoms with E-state index >= 15 is 0 Å². The van der Waals surface area contributed by atoms with E-state index < -0.39 is 28.6 Å². The van der Waals surface area contributed by atoms with Crippen LogP contribution in [0.25, 0.3) is 0 Å². The summed E-state index contributed by atoms with van der Waals surface area (Å²) < 4.78 is 0. The van der Waals surface area contributed by atoms with Gasteiger partial charge in [0.05, 0.1) is 16.2 Å². The molecule has 0 radical (unpaired) electrons. The predicted octanol–water partition coefficient (Wildman–Crippen LogP) is 1.40. The molecule has 0 saturated heterocycles. The number of carbonyl (C=O) groups excluding carboxylic acids is 2. The quantitative estimate of drug-likeness (QED) is 0.667. The van der Waals surface area contributed by atoms with Crippen LogP contribution >= 0.6 is 0 Å². The minimum atomic E-state index is -1.21. The van der Waals surface area contributed by atoms with Crippen molar-refractivity contribution in [1.29, 1.82) is 0 Å². The van der Waals surface area contributed by atoms with Crippen molar-refractivity contribution < 1.29 is 19.6 Å². The van der Waals surface area contributed by atoms with Gasteiger partial charge in [0.1, 0.15) is 0 Å². The highest BCUT2D eigenvalue weighted by molar-refractivity contribution is 5.96. The number of hydrogen-bond acceptors (Lipinski definition) is 5. The summed E-state index contributed by atoms with van der Waals surface area (Å²) in [7, 11) is 0. The van der Waals surface area contributed by atoms with Gasteiger partial charge in [-0.25, -0.2) is 0 Å². The molecule has 7 nitrogen and oxygen atoms in total. The maximum Gasteiger partial charge on any atom is 0.274 e. The molecule has 22 heavy (non-hydrogen) atoms. The summed E-state index contributed by atoms with van der Waals surface area (Å²) in [5.74, 6) is -3.08. The molecule has 0 bridgehead atoms. The van der Waals surface area contributed by atoms with Crippen molar-refractivity contribution in [3.8, 4) is 0 Å². The van der Waals surface area contributed by atoms with E-state index in [0.717, 1.165) is 12.8 Å². The first-order valence-corrected chi connectivity index (χ1v) is 7.17. The van der Waals surface area contributed by atoms with Crippen LogP contribution in [-0.2, 0) is 9.59 Å². The molecule has 1 aromatic carbocycles. The third-order valence-corrected chi connectivity index (χ3v) is 4.17. The summed E-state index contributed by atoms with van der Waals surface area (Å²) in [6.07, 6.45) is 2.46. The smallest absolute Gasteiger partial charge is 0.274 e. The van der Waals surface area contributed by atoms with Gasteiger partial charge in [-0.3, -0.25) is 14.9 Å². The van der Waals surface area contributed by atoms with Crippen molar-refractivity contribution in [2.75, 3.05) is 5.32 Å². The number of benzene rings is 1. The third-order valence-electron chi connectivity index (χ3n) is 4.17. The molecule has 1 fully saturated rings. The number of nitro groups is 1. The number of carboxylic acid groups (broad SMARTS) is 1. The molecular weight excluding hydrogens is 288 g/mol. The fourth-order valence-electron chi connectivity index (χ4n) is 2.91. The molecule has 1 aromatic rings. The number of amides is 1. The van der Waals surface area contributed by atoms with Gasteiger partial charge in [0.15, 0.2) is 0 Å². The van der Waals surface area contributed by atoms with Gasteiger partial charge < -0.3 is 15.2 Å². The molecular formula is C15H17N2O5-. The Kier molecular flexibility index (Phi) is 4.75. The standard InChI is InChI=1S/C15H18N2O5/c1-9-12(7-4-8-13(9)17(21)22)16-14(18)10-5-2-3-6-11(10)15(19)20/h4,7-8,10-11H,2-3,5-6H2,1H3,(H,16,18)(H,19,20)/p-1/t10-,11+/m1/s1. The Hall–Kier alpha value is -2.44. The molecule has 0 spiro atoms.